The van der Waals surface area contributed by atoms with Gasteiger partial charge in [0.05, 0.1) is 11.6 Å². The van der Waals surface area contributed by atoms with Gasteiger partial charge in [0.2, 0.25) is 0 Å². The summed E-state index contributed by atoms with van der Waals surface area (Å²) in [5, 5.41) is 9.18. The molecule has 106 valence electrons. The maximum atomic E-state index is 9.18. The molecule has 0 bridgehead atoms. The Kier molecular flexibility index (Phi) is 4.08. The van der Waals surface area contributed by atoms with Crippen molar-refractivity contribution in [1.29, 1.82) is 5.26 Å². The van der Waals surface area contributed by atoms with Crippen molar-refractivity contribution >= 4 is 0 Å². The summed E-state index contributed by atoms with van der Waals surface area (Å²) >= 11 is 0. The van der Waals surface area contributed by atoms with Crippen LogP contribution in [-0.4, -0.2) is 18.0 Å². The maximum Gasteiger partial charge on any atom is 0.0995 e. The number of rotatable bonds is 2. The van der Waals surface area contributed by atoms with Crippen LogP contribution >= 0.6 is 0 Å². The molecule has 0 amide bonds. The minimum Gasteiger partial charge on any atom is -0.299 e. The van der Waals surface area contributed by atoms with Crippen molar-refractivity contribution in [2.24, 2.45) is 5.41 Å². The molecule has 1 heterocycles. The Bertz CT molecular complexity index is 484. The predicted molar refractivity (Wildman–Crippen MR) is 81.2 cm³/mol. The fourth-order valence-corrected chi connectivity index (χ4v) is 4.00. The highest BCUT2D eigenvalue weighted by Crippen LogP contribution is 2.44. The van der Waals surface area contributed by atoms with Crippen LogP contribution in [0.5, 0.6) is 0 Å². The van der Waals surface area contributed by atoms with Crippen LogP contribution in [0.4, 0.5) is 0 Å². The number of likely N-dealkylation sites (tertiary alicyclic amines) is 1. The lowest BCUT2D eigenvalue weighted by atomic mass is 9.68. The van der Waals surface area contributed by atoms with Gasteiger partial charge in [-0.3, -0.25) is 4.90 Å². The van der Waals surface area contributed by atoms with Crippen LogP contribution in [0.3, 0.4) is 0 Å². The van der Waals surface area contributed by atoms with Crippen molar-refractivity contribution in [3.63, 3.8) is 0 Å². The lowest BCUT2D eigenvalue weighted by Gasteiger charge is -2.44. The van der Waals surface area contributed by atoms with Gasteiger partial charge < -0.3 is 0 Å². The van der Waals surface area contributed by atoms with Crippen LogP contribution in [-0.2, 0) is 6.54 Å². The molecule has 1 saturated heterocycles. The van der Waals surface area contributed by atoms with Gasteiger partial charge in [0, 0.05) is 6.54 Å². The van der Waals surface area contributed by atoms with Crippen LogP contribution in [0.1, 0.15) is 56.1 Å². The second kappa shape index (κ2) is 5.97. The third kappa shape index (κ3) is 2.88. The fourth-order valence-electron chi connectivity index (χ4n) is 4.00. The summed E-state index contributed by atoms with van der Waals surface area (Å²) in [7, 11) is 0. The zero-order valence-electron chi connectivity index (χ0n) is 12.3. The van der Waals surface area contributed by atoms with E-state index in [-0.39, 0.29) is 0 Å². The summed E-state index contributed by atoms with van der Waals surface area (Å²) in [6.07, 6.45) is 9.96. The van der Waals surface area contributed by atoms with Gasteiger partial charge in [-0.25, -0.2) is 0 Å². The Morgan fingerprint density at radius 3 is 2.40 bits per heavy atom. The standard InChI is InChI=1S/C18H24N2/c19-14-16-6-2-3-7-17(16)15-20-12-10-18(11-13-20)8-4-1-5-9-18/h2-3,6-7H,1,4-5,8-13,15H2. The predicted octanol–water partition coefficient (Wildman–Crippen LogP) is 4.10. The summed E-state index contributed by atoms with van der Waals surface area (Å²) < 4.78 is 0. The van der Waals surface area contributed by atoms with Crippen molar-refractivity contribution in [3.05, 3.63) is 35.4 Å². The molecule has 0 aromatic heterocycles. The Morgan fingerprint density at radius 2 is 1.70 bits per heavy atom. The number of benzene rings is 1. The number of nitrogens with zero attached hydrogens (tertiary/aromatic N) is 2. The number of nitriles is 1. The summed E-state index contributed by atoms with van der Waals surface area (Å²) in [6, 6.07) is 10.3. The van der Waals surface area contributed by atoms with Crippen LogP contribution < -0.4 is 0 Å². The lowest BCUT2D eigenvalue weighted by Crippen LogP contribution is -2.40. The Morgan fingerprint density at radius 1 is 1.00 bits per heavy atom. The summed E-state index contributed by atoms with van der Waals surface area (Å²) in [5.41, 5.74) is 2.70. The van der Waals surface area contributed by atoms with E-state index in [1.807, 2.05) is 18.2 Å². The third-order valence-corrected chi connectivity index (χ3v) is 5.36. The van der Waals surface area contributed by atoms with Crippen LogP contribution in [0, 0.1) is 16.7 Å². The topological polar surface area (TPSA) is 27.0 Å². The Balaban J connectivity index is 1.60. The average molecular weight is 268 g/mol. The normalized spacial score (nSPS) is 22.6. The van der Waals surface area contributed by atoms with Gasteiger partial charge in [-0.15, -0.1) is 0 Å². The highest BCUT2D eigenvalue weighted by atomic mass is 15.1. The highest BCUT2D eigenvalue weighted by Gasteiger charge is 2.35. The molecule has 2 aliphatic rings. The summed E-state index contributed by atoms with van der Waals surface area (Å²) in [5.74, 6) is 0. The second-order valence-corrected chi connectivity index (χ2v) is 6.61. The van der Waals surface area contributed by atoms with E-state index in [1.54, 1.807) is 0 Å². The van der Waals surface area contributed by atoms with Gasteiger partial charge in [-0.1, -0.05) is 37.5 Å². The minimum absolute atomic E-state index is 0.670. The molecular weight excluding hydrogens is 244 g/mol. The number of piperidine rings is 1. The monoisotopic (exact) mass is 268 g/mol. The van der Waals surface area contributed by atoms with Gasteiger partial charge in [-0.2, -0.15) is 5.26 Å². The third-order valence-electron chi connectivity index (χ3n) is 5.36. The van der Waals surface area contributed by atoms with E-state index < -0.39 is 0 Å². The summed E-state index contributed by atoms with van der Waals surface area (Å²) in [6.45, 7) is 3.36. The smallest absolute Gasteiger partial charge is 0.0995 e. The minimum atomic E-state index is 0.670. The zero-order chi connectivity index (χ0) is 13.8. The Hall–Kier alpha value is -1.33. The Labute approximate surface area is 122 Å². The van der Waals surface area contributed by atoms with E-state index >= 15 is 0 Å². The van der Waals surface area contributed by atoms with E-state index in [9.17, 15) is 5.26 Å². The van der Waals surface area contributed by atoms with E-state index in [2.05, 4.69) is 17.0 Å². The van der Waals surface area contributed by atoms with E-state index in [0.717, 1.165) is 12.1 Å². The highest BCUT2D eigenvalue weighted by molar-refractivity contribution is 5.37. The van der Waals surface area contributed by atoms with Gasteiger partial charge in [0.25, 0.3) is 0 Å². The van der Waals surface area contributed by atoms with Crippen molar-refractivity contribution < 1.29 is 0 Å². The first-order valence-corrected chi connectivity index (χ1v) is 8.02. The second-order valence-electron chi connectivity index (χ2n) is 6.61. The molecule has 1 aliphatic heterocycles. The molecule has 1 aromatic rings. The van der Waals surface area contributed by atoms with Crippen molar-refractivity contribution in [2.75, 3.05) is 13.1 Å². The van der Waals surface area contributed by atoms with Crippen molar-refractivity contribution in [2.45, 2.75) is 51.5 Å². The van der Waals surface area contributed by atoms with Crippen molar-refractivity contribution in [1.82, 2.24) is 4.90 Å². The van der Waals surface area contributed by atoms with E-state index in [1.165, 1.54) is 63.6 Å². The first-order valence-electron chi connectivity index (χ1n) is 8.02. The fraction of sp³-hybridized carbons (Fsp3) is 0.611. The van der Waals surface area contributed by atoms with Crippen LogP contribution in [0.2, 0.25) is 0 Å². The molecule has 0 atom stereocenters. The number of hydrogen-bond donors (Lipinski definition) is 0. The molecule has 1 aromatic carbocycles. The molecule has 2 heteroatoms. The first kappa shape index (κ1) is 13.6. The van der Waals surface area contributed by atoms with Gasteiger partial charge in [0.15, 0.2) is 0 Å². The molecule has 1 saturated carbocycles. The molecule has 1 aliphatic carbocycles. The van der Waals surface area contributed by atoms with Crippen molar-refractivity contribution in [3.8, 4) is 6.07 Å². The maximum absolute atomic E-state index is 9.18. The largest absolute Gasteiger partial charge is 0.299 e. The van der Waals surface area contributed by atoms with Gasteiger partial charge in [-0.05, 0) is 55.8 Å². The lowest BCUT2D eigenvalue weighted by molar-refractivity contribution is 0.0641. The molecule has 0 unspecified atom stereocenters. The average Bonchev–Trinajstić information content (AvgIpc) is 2.51. The zero-order valence-corrected chi connectivity index (χ0v) is 12.3. The molecule has 0 radical (unpaired) electrons. The van der Waals surface area contributed by atoms with Crippen LogP contribution in [0.25, 0.3) is 0 Å². The van der Waals surface area contributed by atoms with Crippen LogP contribution in [0.15, 0.2) is 24.3 Å². The quantitative estimate of drug-likeness (QED) is 0.807. The van der Waals surface area contributed by atoms with E-state index in [0.29, 0.717) is 5.41 Å². The van der Waals surface area contributed by atoms with E-state index in [4.69, 9.17) is 0 Å². The molecule has 20 heavy (non-hydrogen) atoms. The molecular formula is C18H24N2. The van der Waals surface area contributed by atoms with Gasteiger partial charge >= 0.3 is 0 Å². The molecule has 2 nitrogen and oxygen atoms in total. The summed E-state index contributed by atoms with van der Waals surface area (Å²) in [4.78, 5) is 2.54. The molecule has 3 rings (SSSR count). The molecule has 1 spiro atoms. The van der Waals surface area contributed by atoms with Gasteiger partial charge in [0.1, 0.15) is 0 Å². The molecule has 0 N–H and O–H groups in total. The molecule has 2 fully saturated rings. The SMILES string of the molecule is N#Cc1ccccc1CN1CCC2(CCCCC2)CC1. The number of hydrogen-bond acceptors (Lipinski definition) is 2. The first-order chi connectivity index (χ1) is 9.81.